The van der Waals surface area contributed by atoms with Crippen molar-refractivity contribution in [1.29, 1.82) is 0 Å². The molecule has 1 rings (SSSR count). The zero-order valence-corrected chi connectivity index (χ0v) is 8.58. The van der Waals surface area contributed by atoms with E-state index in [2.05, 4.69) is 9.97 Å². The first-order valence-corrected chi connectivity index (χ1v) is 4.63. The van der Waals surface area contributed by atoms with Gasteiger partial charge in [-0.3, -0.25) is 0 Å². The minimum atomic E-state index is -0.0409. The lowest BCUT2D eigenvalue weighted by atomic mass is 9.98. The van der Waals surface area contributed by atoms with Gasteiger partial charge in [-0.25, -0.2) is 9.97 Å². The molecule has 0 bridgehead atoms. The maximum Gasteiger partial charge on any atom is 0.316 e. The highest BCUT2D eigenvalue weighted by Gasteiger charge is 2.17. The molecule has 0 aromatic carbocycles. The van der Waals surface area contributed by atoms with Gasteiger partial charge in [0.2, 0.25) is 0 Å². The highest BCUT2D eigenvalue weighted by molar-refractivity contribution is 6.18. The predicted octanol–water partition coefficient (Wildman–Crippen LogP) is 2.12. The first-order chi connectivity index (χ1) is 6.14. The fourth-order valence-corrected chi connectivity index (χ4v) is 0.736. The number of alkyl halides is 1. The maximum atomic E-state index is 5.74. The van der Waals surface area contributed by atoms with Crippen LogP contribution in [0.2, 0.25) is 0 Å². The molecule has 0 amide bonds. The summed E-state index contributed by atoms with van der Waals surface area (Å²) in [7, 11) is 0. The van der Waals surface area contributed by atoms with Gasteiger partial charge < -0.3 is 4.74 Å². The Morgan fingerprint density at radius 1 is 1.38 bits per heavy atom. The minimum absolute atomic E-state index is 0.0409. The summed E-state index contributed by atoms with van der Waals surface area (Å²) >= 11 is 5.74. The van der Waals surface area contributed by atoms with Crippen LogP contribution in [-0.2, 0) is 0 Å². The molecule has 0 unspecified atom stereocenters. The third-order valence-electron chi connectivity index (χ3n) is 1.50. The second kappa shape index (κ2) is 4.42. The summed E-state index contributed by atoms with van der Waals surface area (Å²) in [5.74, 6) is 0.555. The predicted molar refractivity (Wildman–Crippen MR) is 52.0 cm³/mol. The largest absolute Gasteiger partial charge is 0.463 e. The second-order valence-electron chi connectivity index (χ2n) is 3.62. The summed E-state index contributed by atoms with van der Waals surface area (Å²) in [6.07, 6.45) is 3.30. The van der Waals surface area contributed by atoms with E-state index >= 15 is 0 Å². The standard InChI is InChI=1S/C9H13ClN2O/c1-9(2,6-10)7-13-8-11-4-3-5-12-8/h3-5H,6-7H2,1-2H3. The van der Waals surface area contributed by atoms with E-state index in [1.807, 2.05) is 13.8 Å². The lowest BCUT2D eigenvalue weighted by Crippen LogP contribution is -2.23. The van der Waals surface area contributed by atoms with Gasteiger partial charge in [-0.15, -0.1) is 11.6 Å². The third-order valence-corrected chi connectivity index (χ3v) is 2.22. The van der Waals surface area contributed by atoms with E-state index in [1.165, 1.54) is 0 Å². The monoisotopic (exact) mass is 200 g/mol. The van der Waals surface area contributed by atoms with E-state index in [9.17, 15) is 0 Å². The van der Waals surface area contributed by atoms with Gasteiger partial charge in [0.15, 0.2) is 0 Å². The molecule has 4 heteroatoms. The lowest BCUT2D eigenvalue weighted by molar-refractivity contribution is 0.187. The summed E-state index contributed by atoms with van der Waals surface area (Å²) in [6.45, 7) is 4.59. The van der Waals surface area contributed by atoms with Crippen LogP contribution in [0, 0.1) is 5.41 Å². The molecule has 0 N–H and O–H groups in total. The van der Waals surface area contributed by atoms with Crippen molar-refractivity contribution in [3.63, 3.8) is 0 Å². The fraction of sp³-hybridized carbons (Fsp3) is 0.556. The Labute approximate surface area is 83.1 Å². The number of halogens is 1. The third kappa shape index (κ3) is 3.59. The van der Waals surface area contributed by atoms with E-state index in [0.717, 1.165) is 0 Å². The topological polar surface area (TPSA) is 35.0 Å². The smallest absolute Gasteiger partial charge is 0.316 e. The van der Waals surface area contributed by atoms with Crippen LogP contribution in [-0.4, -0.2) is 22.5 Å². The average molecular weight is 201 g/mol. The lowest BCUT2D eigenvalue weighted by Gasteiger charge is -2.20. The van der Waals surface area contributed by atoms with Gasteiger partial charge >= 0.3 is 6.01 Å². The normalized spacial score (nSPS) is 11.3. The van der Waals surface area contributed by atoms with Gasteiger partial charge in [0.05, 0.1) is 6.61 Å². The number of ether oxygens (including phenoxy) is 1. The molecule has 13 heavy (non-hydrogen) atoms. The summed E-state index contributed by atoms with van der Waals surface area (Å²) in [6, 6.07) is 2.15. The van der Waals surface area contributed by atoms with Crippen LogP contribution in [0.5, 0.6) is 6.01 Å². The molecule has 3 nitrogen and oxygen atoms in total. The van der Waals surface area contributed by atoms with E-state index in [4.69, 9.17) is 16.3 Å². The van der Waals surface area contributed by atoms with Crippen LogP contribution in [0.15, 0.2) is 18.5 Å². The molecule has 72 valence electrons. The molecular formula is C9H13ClN2O. The number of hydrogen-bond acceptors (Lipinski definition) is 3. The molecule has 0 fully saturated rings. The Kier molecular flexibility index (Phi) is 3.48. The molecule has 0 spiro atoms. The van der Waals surface area contributed by atoms with Gasteiger partial charge in [-0.2, -0.15) is 0 Å². The molecule has 0 aliphatic heterocycles. The van der Waals surface area contributed by atoms with Crippen LogP contribution in [0.25, 0.3) is 0 Å². The van der Waals surface area contributed by atoms with E-state index in [0.29, 0.717) is 18.5 Å². The molecule has 0 atom stereocenters. The van der Waals surface area contributed by atoms with Crippen LogP contribution < -0.4 is 4.74 Å². The first kappa shape index (κ1) is 10.3. The molecule has 0 aliphatic rings. The van der Waals surface area contributed by atoms with Crippen molar-refractivity contribution in [3.05, 3.63) is 18.5 Å². The van der Waals surface area contributed by atoms with E-state index in [1.54, 1.807) is 18.5 Å². The van der Waals surface area contributed by atoms with E-state index in [-0.39, 0.29) is 5.41 Å². The fourth-order valence-electron chi connectivity index (χ4n) is 0.658. The molecule has 0 radical (unpaired) electrons. The second-order valence-corrected chi connectivity index (χ2v) is 3.89. The summed E-state index contributed by atoms with van der Waals surface area (Å²) in [5, 5.41) is 0. The summed E-state index contributed by atoms with van der Waals surface area (Å²) < 4.78 is 5.36. The van der Waals surface area contributed by atoms with Crippen LogP contribution in [0.4, 0.5) is 0 Å². The molecule has 1 aromatic rings. The van der Waals surface area contributed by atoms with Crippen molar-refractivity contribution < 1.29 is 4.74 Å². The molecule has 0 aliphatic carbocycles. The van der Waals surface area contributed by atoms with Crippen molar-refractivity contribution in [2.24, 2.45) is 5.41 Å². The van der Waals surface area contributed by atoms with Gasteiger partial charge in [0, 0.05) is 23.7 Å². The maximum absolute atomic E-state index is 5.74. The number of hydrogen-bond donors (Lipinski definition) is 0. The van der Waals surface area contributed by atoms with Crippen LogP contribution >= 0.6 is 11.6 Å². The molecule has 0 saturated heterocycles. The Bertz CT molecular complexity index is 251. The number of aromatic nitrogens is 2. The highest BCUT2D eigenvalue weighted by atomic mass is 35.5. The minimum Gasteiger partial charge on any atom is -0.463 e. The first-order valence-electron chi connectivity index (χ1n) is 4.10. The van der Waals surface area contributed by atoms with Crippen molar-refractivity contribution in [1.82, 2.24) is 9.97 Å². The van der Waals surface area contributed by atoms with Gasteiger partial charge in [-0.05, 0) is 6.07 Å². The van der Waals surface area contributed by atoms with Crippen molar-refractivity contribution in [3.8, 4) is 6.01 Å². The van der Waals surface area contributed by atoms with Gasteiger partial charge in [0.1, 0.15) is 0 Å². The Balaban J connectivity index is 2.44. The van der Waals surface area contributed by atoms with Crippen molar-refractivity contribution in [2.45, 2.75) is 13.8 Å². The molecule has 0 saturated carbocycles. The van der Waals surface area contributed by atoms with Crippen molar-refractivity contribution >= 4 is 11.6 Å². The molecular weight excluding hydrogens is 188 g/mol. The van der Waals surface area contributed by atoms with Gasteiger partial charge in [-0.1, -0.05) is 13.8 Å². The quantitative estimate of drug-likeness (QED) is 0.699. The number of nitrogens with zero attached hydrogens (tertiary/aromatic N) is 2. The van der Waals surface area contributed by atoms with Crippen LogP contribution in [0.3, 0.4) is 0 Å². The zero-order valence-electron chi connectivity index (χ0n) is 7.83. The average Bonchev–Trinajstić information content (AvgIpc) is 2.17. The summed E-state index contributed by atoms with van der Waals surface area (Å²) in [4.78, 5) is 7.88. The van der Waals surface area contributed by atoms with Gasteiger partial charge in [0.25, 0.3) is 0 Å². The summed E-state index contributed by atoms with van der Waals surface area (Å²) in [5.41, 5.74) is -0.0409. The molecule has 1 aromatic heterocycles. The number of rotatable bonds is 4. The van der Waals surface area contributed by atoms with E-state index < -0.39 is 0 Å². The SMILES string of the molecule is CC(C)(CCl)COc1ncccn1. The molecule has 1 heterocycles. The Hall–Kier alpha value is -0.830. The zero-order chi connectivity index (χ0) is 9.73. The highest BCUT2D eigenvalue weighted by Crippen LogP contribution is 2.17. The Morgan fingerprint density at radius 2 is 2.00 bits per heavy atom. The van der Waals surface area contributed by atoms with Crippen molar-refractivity contribution in [2.75, 3.05) is 12.5 Å². The van der Waals surface area contributed by atoms with Crippen LogP contribution in [0.1, 0.15) is 13.8 Å². The Morgan fingerprint density at radius 3 is 2.54 bits per heavy atom.